The molecule has 0 amide bonds. The van der Waals surface area contributed by atoms with Crippen molar-refractivity contribution in [3.63, 3.8) is 0 Å². The number of carbonyl (C=O) groups is 1. The fraction of sp³-hybridized carbons (Fsp3) is 0.0769. The van der Waals surface area contributed by atoms with Gasteiger partial charge < -0.3 is 9.84 Å². The van der Waals surface area contributed by atoms with Crippen LogP contribution in [0.4, 0.5) is 0 Å². The van der Waals surface area contributed by atoms with Gasteiger partial charge in [0.2, 0.25) is 5.88 Å². The van der Waals surface area contributed by atoms with Gasteiger partial charge in [-0.1, -0.05) is 39.7 Å². The van der Waals surface area contributed by atoms with Gasteiger partial charge in [-0.2, -0.15) is 0 Å². The van der Waals surface area contributed by atoms with Crippen LogP contribution < -0.4 is 4.74 Å². The molecule has 0 saturated heterocycles. The van der Waals surface area contributed by atoms with Crippen LogP contribution in [0.15, 0.2) is 41.0 Å². The number of ether oxygens (including phenoxy) is 1. The maximum atomic E-state index is 10.9. The number of carboxylic acid groups (broad SMARTS) is 1. The minimum atomic E-state index is -1.11. The smallest absolute Gasteiger partial charge is 0.337 e. The maximum Gasteiger partial charge on any atom is 0.337 e. The van der Waals surface area contributed by atoms with Crippen LogP contribution in [0.3, 0.4) is 0 Å². The standard InChI is InChI=1S/C13H9BrClNO3/c14-9-3-1-8(2-4-9)7-19-12-11(15)10(13(17)18)5-6-16-12/h1-6H,7H2,(H,17,18). The zero-order chi connectivity index (χ0) is 13.8. The van der Waals surface area contributed by atoms with E-state index in [9.17, 15) is 4.79 Å². The second kappa shape index (κ2) is 6.04. The highest BCUT2D eigenvalue weighted by Gasteiger charge is 2.14. The molecule has 1 aromatic carbocycles. The van der Waals surface area contributed by atoms with Crippen molar-refractivity contribution >= 4 is 33.5 Å². The number of hydrogen-bond donors (Lipinski definition) is 1. The molecule has 6 heteroatoms. The second-order valence-electron chi connectivity index (χ2n) is 3.70. The topological polar surface area (TPSA) is 59.4 Å². The van der Waals surface area contributed by atoms with Crippen LogP contribution in [-0.4, -0.2) is 16.1 Å². The molecular formula is C13H9BrClNO3. The molecule has 2 aromatic rings. The minimum Gasteiger partial charge on any atom is -0.478 e. The SMILES string of the molecule is O=C(O)c1ccnc(OCc2ccc(Br)cc2)c1Cl. The molecule has 1 aromatic heterocycles. The van der Waals surface area contributed by atoms with Crippen molar-refractivity contribution in [1.82, 2.24) is 4.98 Å². The lowest BCUT2D eigenvalue weighted by Crippen LogP contribution is -2.02. The van der Waals surface area contributed by atoms with Gasteiger partial charge in [0.05, 0.1) is 5.56 Å². The van der Waals surface area contributed by atoms with Crippen molar-refractivity contribution < 1.29 is 14.6 Å². The third-order valence-corrected chi connectivity index (χ3v) is 3.27. The number of aromatic nitrogens is 1. The average Bonchev–Trinajstić information content (AvgIpc) is 2.39. The lowest BCUT2D eigenvalue weighted by atomic mass is 10.2. The third kappa shape index (κ3) is 3.45. The summed E-state index contributed by atoms with van der Waals surface area (Å²) in [5.74, 6) is -0.995. The Morgan fingerprint density at radius 1 is 1.32 bits per heavy atom. The Balaban J connectivity index is 2.13. The van der Waals surface area contributed by atoms with Crippen molar-refractivity contribution in [2.24, 2.45) is 0 Å². The summed E-state index contributed by atoms with van der Waals surface area (Å²) in [6, 6.07) is 8.89. The Bertz CT molecular complexity index is 601. The summed E-state index contributed by atoms with van der Waals surface area (Å²) in [5.41, 5.74) is 0.907. The first kappa shape index (κ1) is 13.8. The summed E-state index contributed by atoms with van der Waals surface area (Å²) in [4.78, 5) is 14.8. The summed E-state index contributed by atoms with van der Waals surface area (Å²) in [6.45, 7) is 0.267. The van der Waals surface area contributed by atoms with Crippen molar-refractivity contribution in [2.45, 2.75) is 6.61 Å². The Morgan fingerprint density at radius 2 is 2.00 bits per heavy atom. The predicted molar refractivity (Wildman–Crippen MR) is 74.7 cm³/mol. The molecule has 1 heterocycles. The minimum absolute atomic E-state index is 0.00658. The molecule has 0 aliphatic heterocycles. The van der Waals surface area contributed by atoms with Crippen LogP contribution in [0, 0.1) is 0 Å². The zero-order valence-corrected chi connectivity index (χ0v) is 12.0. The normalized spacial score (nSPS) is 10.2. The summed E-state index contributed by atoms with van der Waals surface area (Å²) in [5, 5.41) is 8.94. The highest BCUT2D eigenvalue weighted by Crippen LogP contribution is 2.26. The molecule has 0 bridgehead atoms. The fourth-order valence-corrected chi connectivity index (χ4v) is 1.93. The molecule has 0 aliphatic carbocycles. The molecule has 0 radical (unpaired) electrons. The molecule has 4 nitrogen and oxygen atoms in total. The molecule has 0 fully saturated rings. The van der Waals surface area contributed by atoms with Crippen LogP contribution >= 0.6 is 27.5 Å². The summed E-state index contributed by atoms with van der Waals surface area (Å²) < 4.78 is 6.40. The molecule has 19 heavy (non-hydrogen) atoms. The second-order valence-corrected chi connectivity index (χ2v) is 4.99. The van der Waals surface area contributed by atoms with Crippen molar-refractivity contribution in [3.05, 3.63) is 57.2 Å². The van der Waals surface area contributed by atoms with Crippen LogP contribution in [0.1, 0.15) is 15.9 Å². The van der Waals surface area contributed by atoms with E-state index in [4.69, 9.17) is 21.4 Å². The summed E-state index contributed by atoms with van der Waals surface area (Å²) >= 11 is 9.26. The lowest BCUT2D eigenvalue weighted by Gasteiger charge is -2.08. The number of carboxylic acids is 1. The van der Waals surface area contributed by atoms with Gasteiger partial charge in [-0.3, -0.25) is 0 Å². The van der Waals surface area contributed by atoms with Crippen LogP contribution in [0.2, 0.25) is 5.02 Å². The Hall–Kier alpha value is -1.59. The largest absolute Gasteiger partial charge is 0.478 e. The van der Waals surface area contributed by atoms with E-state index >= 15 is 0 Å². The Labute approximate surface area is 123 Å². The van der Waals surface area contributed by atoms with Crippen LogP contribution in [-0.2, 0) is 6.61 Å². The van der Waals surface area contributed by atoms with E-state index in [1.54, 1.807) is 0 Å². The van der Waals surface area contributed by atoms with E-state index in [0.29, 0.717) is 0 Å². The molecule has 2 rings (SSSR count). The number of hydrogen-bond acceptors (Lipinski definition) is 3. The van der Waals surface area contributed by atoms with E-state index in [-0.39, 0.29) is 23.1 Å². The van der Waals surface area contributed by atoms with Gasteiger partial charge in [-0.15, -0.1) is 0 Å². The lowest BCUT2D eigenvalue weighted by molar-refractivity contribution is 0.0696. The first-order valence-corrected chi connectivity index (χ1v) is 6.50. The van der Waals surface area contributed by atoms with Gasteiger partial charge in [-0.05, 0) is 23.8 Å². The van der Waals surface area contributed by atoms with Gasteiger partial charge in [0.25, 0.3) is 0 Å². The molecule has 0 atom stereocenters. The van der Waals surface area contributed by atoms with E-state index in [1.165, 1.54) is 12.3 Å². The number of halogens is 2. The van der Waals surface area contributed by atoms with E-state index in [2.05, 4.69) is 20.9 Å². The number of rotatable bonds is 4. The van der Waals surface area contributed by atoms with E-state index < -0.39 is 5.97 Å². The van der Waals surface area contributed by atoms with Crippen molar-refractivity contribution in [2.75, 3.05) is 0 Å². The quantitative estimate of drug-likeness (QED) is 0.918. The highest BCUT2D eigenvalue weighted by atomic mass is 79.9. The number of aromatic carboxylic acids is 1. The van der Waals surface area contributed by atoms with Gasteiger partial charge in [0.1, 0.15) is 11.6 Å². The first-order valence-electron chi connectivity index (χ1n) is 5.33. The fourth-order valence-electron chi connectivity index (χ4n) is 1.42. The Kier molecular flexibility index (Phi) is 4.39. The van der Waals surface area contributed by atoms with Gasteiger partial charge in [-0.25, -0.2) is 9.78 Å². The zero-order valence-electron chi connectivity index (χ0n) is 9.64. The summed E-state index contributed by atoms with van der Waals surface area (Å²) in [7, 11) is 0. The number of benzene rings is 1. The molecule has 0 saturated carbocycles. The first-order chi connectivity index (χ1) is 9.08. The monoisotopic (exact) mass is 341 g/mol. The van der Waals surface area contributed by atoms with Crippen molar-refractivity contribution in [1.29, 1.82) is 0 Å². The maximum absolute atomic E-state index is 10.9. The van der Waals surface area contributed by atoms with Crippen LogP contribution in [0.5, 0.6) is 5.88 Å². The molecule has 1 N–H and O–H groups in total. The van der Waals surface area contributed by atoms with Gasteiger partial charge >= 0.3 is 5.97 Å². The number of nitrogens with zero attached hydrogens (tertiary/aromatic N) is 1. The Morgan fingerprint density at radius 3 is 2.63 bits per heavy atom. The number of pyridine rings is 1. The summed E-state index contributed by atoms with van der Waals surface area (Å²) in [6.07, 6.45) is 1.35. The van der Waals surface area contributed by atoms with Gasteiger partial charge in [0, 0.05) is 10.7 Å². The highest BCUT2D eigenvalue weighted by molar-refractivity contribution is 9.10. The van der Waals surface area contributed by atoms with E-state index in [1.807, 2.05) is 24.3 Å². The molecule has 0 unspecified atom stereocenters. The molecule has 98 valence electrons. The molecule has 0 aliphatic rings. The van der Waals surface area contributed by atoms with Crippen LogP contribution in [0.25, 0.3) is 0 Å². The van der Waals surface area contributed by atoms with Gasteiger partial charge in [0.15, 0.2) is 0 Å². The molecule has 0 spiro atoms. The van der Waals surface area contributed by atoms with Crippen molar-refractivity contribution in [3.8, 4) is 5.88 Å². The van der Waals surface area contributed by atoms with E-state index in [0.717, 1.165) is 10.0 Å². The third-order valence-electron chi connectivity index (χ3n) is 2.38. The average molecular weight is 343 g/mol. The molecular weight excluding hydrogens is 334 g/mol. The predicted octanol–water partition coefficient (Wildman–Crippen LogP) is 3.77.